The van der Waals surface area contributed by atoms with Crippen LogP contribution in [0.25, 0.3) is 0 Å². The van der Waals surface area contributed by atoms with Gasteiger partial charge in [0.15, 0.2) is 0 Å². The lowest BCUT2D eigenvalue weighted by Gasteiger charge is -2.19. The van der Waals surface area contributed by atoms with Crippen molar-refractivity contribution in [3.8, 4) is 5.75 Å². The number of hydrogen-bond donors (Lipinski definition) is 2. The van der Waals surface area contributed by atoms with Crippen LogP contribution in [-0.4, -0.2) is 12.5 Å². The summed E-state index contributed by atoms with van der Waals surface area (Å²) < 4.78 is 5.74. The summed E-state index contributed by atoms with van der Waals surface area (Å²) in [6.07, 6.45) is 6.01. The third-order valence-electron chi connectivity index (χ3n) is 3.39. The molecule has 0 fully saturated rings. The zero-order chi connectivity index (χ0) is 13.7. The van der Waals surface area contributed by atoms with Gasteiger partial charge < -0.3 is 15.8 Å². The van der Waals surface area contributed by atoms with Crippen molar-refractivity contribution < 1.29 is 9.53 Å². The SMILES string of the molecule is CCCCCCOc1cc2c(cc1N)NC(=O)CC2. The Balaban J connectivity index is 1.96. The first-order valence-electron chi connectivity index (χ1n) is 7.05. The number of fused-ring (bicyclic) bond motifs is 1. The van der Waals surface area contributed by atoms with Crippen molar-refractivity contribution in [3.63, 3.8) is 0 Å². The lowest BCUT2D eigenvalue weighted by molar-refractivity contribution is -0.116. The molecular weight excluding hydrogens is 240 g/mol. The molecule has 1 amide bonds. The van der Waals surface area contributed by atoms with Crippen molar-refractivity contribution in [2.75, 3.05) is 17.7 Å². The first-order valence-corrected chi connectivity index (χ1v) is 7.05. The third-order valence-corrected chi connectivity index (χ3v) is 3.39. The number of nitrogen functional groups attached to an aromatic ring is 1. The van der Waals surface area contributed by atoms with E-state index in [1.807, 2.05) is 6.07 Å². The van der Waals surface area contributed by atoms with Crippen molar-refractivity contribution in [1.29, 1.82) is 0 Å². The molecule has 0 radical (unpaired) electrons. The van der Waals surface area contributed by atoms with E-state index in [2.05, 4.69) is 12.2 Å². The second kappa shape index (κ2) is 6.45. The smallest absolute Gasteiger partial charge is 0.224 e. The molecule has 0 saturated heterocycles. The minimum Gasteiger partial charge on any atom is -0.491 e. The maximum atomic E-state index is 11.3. The Morgan fingerprint density at radius 3 is 2.89 bits per heavy atom. The van der Waals surface area contributed by atoms with Crippen LogP contribution in [-0.2, 0) is 11.2 Å². The van der Waals surface area contributed by atoms with Crippen LogP contribution in [0.4, 0.5) is 11.4 Å². The summed E-state index contributed by atoms with van der Waals surface area (Å²) >= 11 is 0. The van der Waals surface area contributed by atoms with E-state index < -0.39 is 0 Å². The predicted octanol–water partition coefficient (Wildman–Crippen LogP) is 3.11. The average Bonchev–Trinajstić information content (AvgIpc) is 2.39. The zero-order valence-electron chi connectivity index (χ0n) is 11.5. The quantitative estimate of drug-likeness (QED) is 0.611. The number of anilines is 2. The zero-order valence-corrected chi connectivity index (χ0v) is 11.5. The highest BCUT2D eigenvalue weighted by Gasteiger charge is 2.17. The molecule has 0 atom stereocenters. The molecule has 0 bridgehead atoms. The number of ether oxygens (including phenoxy) is 1. The van der Waals surface area contributed by atoms with E-state index >= 15 is 0 Å². The van der Waals surface area contributed by atoms with Crippen LogP contribution in [0, 0.1) is 0 Å². The lowest BCUT2D eigenvalue weighted by atomic mass is 10.0. The number of nitrogens with two attached hydrogens (primary N) is 1. The van der Waals surface area contributed by atoms with Crippen molar-refractivity contribution >= 4 is 17.3 Å². The van der Waals surface area contributed by atoms with Gasteiger partial charge >= 0.3 is 0 Å². The molecule has 4 heteroatoms. The number of unbranched alkanes of at least 4 members (excludes halogenated alkanes) is 3. The Morgan fingerprint density at radius 2 is 2.11 bits per heavy atom. The monoisotopic (exact) mass is 262 g/mol. The fourth-order valence-electron chi connectivity index (χ4n) is 2.26. The Labute approximate surface area is 114 Å². The second-order valence-electron chi connectivity index (χ2n) is 5.00. The number of rotatable bonds is 6. The van der Waals surface area contributed by atoms with Crippen LogP contribution < -0.4 is 15.8 Å². The maximum Gasteiger partial charge on any atom is 0.224 e. The minimum atomic E-state index is 0.0557. The molecule has 0 spiro atoms. The summed E-state index contributed by atoms with van der Waals surface area (Å²) in [7, 11) is 0. The van der Waals surface area contributed by atoms with Crippen LogP contribution in [0.5, 0.6) is 5.75 Å². The molecule has 1 aliphatic heterocycles. The number of nitrogens with one attached hydrogen (secondary N) is 1. The van der Waals surface area contributed by atoms with Crippen LogP contribution in [0.3, 0.4) is 0 Å². The number of aryl methyl sites for hydroxylation is 1. The number of carbonyl (C=O) groups is 1. The van der Waals surface area contributed by atoms with Crippen molar-refractivity contribution in [2.45, 2.75) is 45.4 Å². The maximum absolute atomic E-state index is 11.3. The third kappa shape index (κ3) is 3.63. The van der Waals surface area contributed by atoms with Gasteiger partial charge in [0.05, 0.1) is 12.3 Å². The number of amides is 1. The molecule has 0 aromatic heterocycles. The van der Waals surface area contributed by atoms with Gasteiger partial charge in [-0.15, -0.1) is 0 Å². The fourth-order valence-corrected chi connectivity index (χ4v) is 2.26. The highest BCUT2D eigenvalue weighted by molar-refractivity contribution is 5.94. The molecule has 1 aliphatic rings. The van der Waals surface area contributed by atoms with Gasteiger partial charge in [-0.25, -0.2) is 0 Å². The first kappa shape index (κ1) is 13.7. The second-order valence-corrected chi connectivity index (χ2v) is 5.00. The summed E-state index contributed by atoms with van der Waals surface area (Å²) in [4.78, 5) is 11.3. The van der Waals surface area contributed by atoms with E-state index in [9.17, 15) is 4.79 Å². The van der Waals surface area contributed by atoms with Crippen molar-refractivity contribution in [2.24, 2.45) is 0 Å². The van der Waals surface area contributed by atoms with Gasteiger partial charge in [0.1, 0.15) is 5.75 Å². The van der Waals surface area contributed by atoms with Gasteiger partial charge in [0.25, 0.3) is 0 Å². The topological polar surface area (TPSA) is 64.3 Å². The number of benzene rings is 1. The van der Waals surface area contributed by atoms with Crippen molar-refractivity contribution in [1.82, 2.24) is 0 Å². The first-order chi connectivity index (χ1) is 9.20. The molecular formula is C15H22N2O2. The molecule has 1 aromatic carbocycles. The lowest BCUT2D eigenvalue weighted by Crippen LogP contribution is -2.19. The largest absolute Gasteiger partial charge is 0.491 e. The van der Waals surface area contributed by atoms with E-state index in [0.717, 1.165) is 29.8 Å². The van der Waals surface area contributed by atoms with E-state index in [0.29, 0.717) is 18.7 Å². The van der Waals surface area contributed by atoms with Crippen LogP contribution in [0.1, 0.15) is 44.6 Å². The number of carbonyl (C=O) groups excluding carboxylic acids is 1. The van der Waals surface area contributed by atoms with Crippen molar-refractivity contribution in [3.05, 3.63) is 17.7 Å². The van der Waals surface area contributed by atoms with E-state index in [1.165, 1.54) is 19.3 Å². The summed E-state index contributed by atoms with van der Waals surface area (Å²) in [6, 6.07) is 3.76. The highest BCUT2D eigenvalue weighted by Crippen LogP contribution is 2.32. The minimum absolute atomic E-state index is 0.0557. The predicted molar refractivity (Wildman–Crippen MR) is 77.4 cm³/mol. The molecule has 2 rings (SSSR count). The summed E-state index contributed by atoms with van der Waals surface area (Å²) in [5, 5.41) is 2.84. The Hall–Kier alpha value is -1.71. The molecule has 104 valence electrons. The molecule has 4 nitrogen and oxygen atoms in total. The Morgan fingerprint density at radius 1 is 1.26 bits per heavy atom. The molecule has 1 aromatic rings. The fraction of sp³-hybridized carbons (Fsp3) is 0.533. The molecule has 0 unspecified atom stereocenters. The summed E-state index contributed by atoms with van der Waals surface area (Å²) in [5.74, 6) is 0.798. The van der Waals surface area contributed by atoms with Gasteiger partial charge in [-0.2, -0.15) is 0 Å². The Bertz CT molecular complexity index is 458. The highest BCUT2D eigenvalue weighted by atomic mass is 16.5. The van der Waals surface area contributed by atoms with Gasteiger partial charge in [0, 0.05) is 12.1 Å². The summed E-state index contributed by atoms with van der Waals surface area (Å²) in [5.41, 5.74) is 8.48. The van der Waals surface area contributed by atoms with Crippen LogP contribution in [0.15, 0.2) is 12.1 Å². The van der Waals surface area contributed by atoms with E-state index in [4.69, 9.17) is 10.5 Å². The number of hydrogen-bond acceptors (Lipinski definition) is 3. The van der Waals surface area contributed by atoms with Gasteiger partial charge in [-0.3, -0.25) is 4.79 Å². The van der Waals surface area contributed by atoms with Crippen LogP contribution >= 0.6 is 0 Å². The molecule has 0 aliphatic carbocycles. The standard InChI is InChI=1S/C15H22N2O2/c1-2-3-4-5-8-19-14-9-11-6-7-15(18)17-13(11)10-12(14)16/h9-10H,2-8,16H2,1H3,(H,17,18). The molecule has 19 heavy (non-hydrogen) atoms. The molecule has 0 saturated carbocycles. The Kier molecular flexibility index (Phi) is 4.66. The van der Waals surface area contributed by atoms with Gasteiger partial charge in [-0.05, 0) is 30.5 Å². The normalized spacial score (nSPS) is 13.8. The average molecular weight is 262 g/mol. The molecule has 1 heterocycles. The van der Waals surface area contributed by atoms with Gasteiger partial charge in [0.2, 0.25) is 5.91 Å². The van der Waals surface area contributed by atoms with E-state index in [1.54, 1.807) is 6.07 Å². The van der Waals surface area contributed by atoms with E-state index in [-0.39, 0.29) is 5.91 Å². The molecule has 3 N–H and O–H groups in total. The van der Waals surface area contributed by atoms with Crippen LogP contribution in [0.2, 0.25) is 0 Å². The van der Waals surface area contributed by atoms with Gasteiger partial charge in [-0.1, -0.05) is 26.2 Å². The summed E-state index contributed by atoms with van der Waals surface area (Å²) in [6.45, 7) is 2.89.